The van der Waals surface area contributed by atoms with Crippen molar-refractivity contribution in [2.24, 2.45) is 5.10 Å². The molecule has 108 valence electrons. The summed E-state index contributed by atoms with van der Waals surface area (Å²) in [6, 6.07) is 10.5. The van der Waals surface area contributed by atoms with E-state index in [9.17, 15) is 8.78 Å². The van der Waals surface area contributed by atoms with Gasteiger partial charge in [-0.3, -0.25) is 5.43 Å². The second-order valence-electron chi connectivity index (χ2n) is 4.13. The van der Waals surface area contributed by atoms with Crippen molar-refractivity contribution in [1.29, 1.82) is 0 Å². The minimum absolute atomic E-state index is 0.0946. The highest BCUT2D eigenvalue weighted by molar-refractivity contribution is 5.84. The molecule has 21 heavy (non-hydrogen) atoms. The summed E-state index contributed by atoms with van der Waals surface area (Å²) in [5.74, 6) is -0.698. The van der Waals surface area contributed by atoms with Gasteiger partial charge in [-0.1, -0.05) is 24.8 Å². The molecule has 0 aliphatic carbocycles. The lowest BCUT2D eigenvalue weighted by Crippen LogP contribution is -1.98. The van der Waals surface area contributed by atoms with Crippen LogP contribution >= 0.6 is 0 Å². The molecular weight excluding hydrogens is 274 g/mol. The van der Waals surface area contributed by atoms with E-state index in [0.717, 1.165) is 17.7 Å². The number of ether oxygens (including phenoxy) is 1. The van der Waals surface area contributed by atoms with Crippen LogP contribution in [0.4, 0.5) is 14.5 Å². The number of hydrogen-bond acceptors (Lipinski definition) is 3. The van der Waals surface area contributed by atoms with E-state index in [4.69, 9.17) is 4.74 Å². The highest BCUT2D eigenvalue weighted by Crippen LogP contribution is 2.17. The molecule has 0 aromatic heterocycles. The number of hydrazone groups is 1. The van der Waals surface area contributed by atoms with Crippen molar-refractivity contribution < 1.29 is 13.5 Å². The van der Waals surface area contributed by atoms with Crippen LogP contribution in [0, 0.1) is 11.6 Å². The number of anilines is 1. The number of para-hydroxylation sites is 1. The van der Waals surface area contributed by atoms with Gasteiger partial charge in [0.15, 0.2) is 5.82 Å². The summed E-state index contributed by atoms with van der Waals surface area (Å²) in [7, 11) is 0. The Bertz CT molecular complexity index is 656. The Morgan fingerprint density at radius 2 is 2.00 bits per heavy atom. The first-order valence-electron chi connectivity index (χ1n) is 6.27. The van der Waals surface area contributed by atoms with Crippen LogP contribution in [0.15, 0.2) is 60.2 Å². The first-order valence-corrected chi connectivity index (χ1v) is 6.27. The molecule has 0 atom stereocenters. The Hall–Kier alpha value is -2.69. The molecule has 0 unspecified atom stereocenters. The van der Waals surface area contributed by atoms with Crippen molar-refractivity contribution in [1.82, 2.24) is 0 Å². The van der Waals surface area contributed by atoms with E-state index < -0.39 is 11.6 Å². The van der Waals surface area contributed by atoms with Gasteiger partial charge in [-0.15, -0.1) is 0 Å². The first kappa shape index (κ1) is 14.7. The molecule has 5 heteroatoms. The molecule has 0 fully saturated rings. The maximum Gasteiger partial charge on any atom is 0.151 e. The van der Waals surface area contributed by atoms with Crippen LogP contribution in [0.3, 0.4) is 0 Å². The fourth-order valence-corrected chi connectivity index (χ4v) is 1.62. The number of halogens is 2. The summed E-state index contributed by atoms with van der Waals surface area (Å²) in [5.41, 5.74) is 3.35. The molecule has 0 aliphatic heterocycles. The van der Waals surface area contributed by atoms with Crippen molar-refractivity contribution in [2.45, 2.75) is 0 Å². The van der Waals surface area contributed by atoms with Crippen LogP contribution in [-0.2, 0) is 0 Å². The summed E-state index contributed by atoms with van der Waals surface area (Å²) in [6.45, 7) is 3.96. The minimum Gasteiger partial charge on any atom is -0.489 e. The summed E-state index contributed by atoms with van der Waals surface area (Å²) >= 11 is 0. The van der Waals surface area contributed by atoms with E-state index in [1.54, 1.807) is 12.1 Å². The molecule has 2 aromatic rings. The van der Waals surface area contributed by atoms with E-state index >= 15 is 0 Å². The zero-order valence-corrected chi connectivity index (χ0v) is 11.2. The van der Waals surface area contributed by atoms with Crippen molar-refractivity contribution in [3.05, 3.63) is 72.3 Å². The smallest absolute Gasteiger partial charge is 0.151 e. The Labute approximate surface area is 121 Å². The van der Waals surface area contributed by atoms with Gasteiger partial charge in [0.2, 0.25) is 0 Å². The molecule has 1 N–H and O–H groups in total. The Morgan fingerprint density at radius 3 is 2.76 bits per heavy atom. The van der Waals surface area contributed by atoms with Gasteiger partial charge in [0.1, 0.15) is 18.2 Å². The molecule has 0 aliphatic rings. The molecule has 0 amide bonds. The molecule has 0 saturated heterocycles. The summed E-state index contributed by atoms with van der Waals surface area (Å²) in [4.78, 5) is 0. The molecular formula is C16H14F2N2O. The predicted molar refractivity (Wildman–Crippen MR) is 79.7 cm³/mol. The normalized spacial score (nSPS) is 10.6. The van der Waals surface area contributed by atoms with E-state index in [1.807, 2.05) is 18.2 Å². The van der Waals surface area contributed by atoms with Gasteiger partial charge in [-0.05, 0) is 24.3 Å². The van der Waals surface area contributed by atoms with E-state index in [2.05, 4.69) is 17.1 Å². The zero-order chi connectivity index (χ0) is 15.1. The van der Waals surface area contributed by atoms with Gasteiger partial charge in [0.05, 0.1) is 11.9 Å². The van der Waals surface area contributed by atoms with Crippen LogP contribution in [0.5, 0.6) is 5.75 Å². The molecule has 2 rings (SSSR count). The number of hydrogen-bond donors (Lipinski definition) is 1. The third-order valence-corrected chi connectivity index (χ3v) is 2.60. The topological polar surface area (TPSA) is 33.6 Å². The number of rotatable bonds is 6. The Kier molecular flexibility index (Phi) is 5.04. The SMILES string of the molecule is C=CCOc1ccccc1/C=N\Nc1ccc(F)cc1F. The van der Waals surface area contributed by atoms with Crippen LogP contribution in [0.1, 0.15) is 5.56 Å². The molecule has 0 saturated carbocycles. The molecule has 0 heterocycles. The van der Waals surface area contributed by atoms with Crippen LogP contribution in [0.2, 0.25) is 0 Å². The predicted octanol–water partition coefficient (Wildman–Crippen LogP) is 3.98. The van der Waals surface area contributed by atoms with Crippen molar-refractivity contribution in [2.75, 3.05) is 12.0 Å². The monoisotopic (exact) mass is 288 g/mol. The second-order valence-corrected chi connectivity index (χ2v) is 4.13. The summed E-state index contributed by atoms with van der Waals surface area (Å²) in [5, 5.41) is 3.93. The van der Waals surface area contributed by atoms with E-state index in [1.165, 1.54) is 12.3 Å². The average Bonchev–Trinajstić information content (AvgIpc) is 2.48. The van der Waals surface area contributed by atoms with Gasteiger partial charge in [0.25, 0.3) is 0 Å². The molecule has 0 spiro atoms. The Morgan fingerprint density at radius 1 is 1.19 bits per heavy atom. The second kappa shape index (κ2) is 7.19. The van der Waals surface area contributed by atoms with Crippen LogP contribution in [0.25, 0.3) is 0 Å². The van der Waals surface area contributed by atoms with E-state index in [-0.39, 0.29) is 5.69 Å². The van der Waals surface area contributed by atoms with Gasteiger partial charge >= 0.3 is 0 Å². The zero-order valence-electron chi connectivity index (χ0n) is 11.2. The molecule has 0 radical (unpaired) electrons. The number of benzene rings is 2. The summed E-state index contributed by atoms with van der Waals surface area (Å²) in [6.07, 6.45) is 3.14. The highest BCUT2D eigenvalue weighted by atomic mass is 19.1. The van der Waals surface area contributed by atoms with Gasteiger partial charge < -0.3 is 4.74 Å². The lowest BCUT2D eigenvalue weighted by atomic mass is 10.2. The molecule has 3 nitrogen and oxygen atoms in total. The average molecular weight is 288 g/mol. The largest absolute Gasteiger partial charge is 0.489 e. The van der Waals surface area contributed by atoms with Gasteiger partial charge in [-0.2, -0.15) is 5.10 Å². The van der Waals surface area contributed by atoms with Crippen LogP contribution < -0.4 is 10.2 Å². The minimum atomic E-state index is -0.705. The number of nitrogens with zero attached hydrogens (tertiary/aromatic N) is 1. The maximum absolute atomic E-state index is 13.4. The fraction of sp³-hybridized carbons (Fsp3) is 0.0625. The third kappa shape index (κ3) is 4.14. The first-order chi connectivity index (χ1) is 10.2. The van der Waals surface area contributed by atoms with Crippen molar-refractivity contribution in [3.8, 4) is 5.75 Å². The van der Waals surface area contributed by atoms with E-state index in [0.29, 0.717) is 12.4 Å². The third-order valence-electron chi connectivity index (χ3n) is 2.60. The molecule has 0 bridgehead atoms. The summed E-state index contributed by atoms with van der Waals surface area (Å²) < 4.78 is 31.7. The van der Waals surface area contributed by atoms with Gasteiger partial charge in [-0.25, -0.2) is 8.78 Å². The highest BCUT2D eigenvalue weighted by Gasteiger charge is 2.02. The quantitative estimate of drug-likeness (QED) is 0.495. The molecule has 2 aromatic carbocycles. The van der Waals surface area contributed by atoms with Gasteiger partial charge in [0, 0.05) is 11.6 Å². The fourth-order valence-electron chi connectivity index (χ4n) is 1.62. The number of nitrogens with one attached hydrogen (secondary N) is 1. The van der Waals surface area contributed by atoms with Crippen LogP contribution in [-0.4, -0.2) is 12.8 Å². The standard InChI is InChI=1S/C16H14F2N2O/c1-2-9-21-16-6-4-3-5-12(16)11-19-20-15-8-7-13(17)10-14(15)18/h2-8,10-11,20H,1,9H2/b19-11-. The van der Waals surface area contributed by atoms with Crippen molar-refractivity contribution >= 4 is 11.9 Å². The lowest BCUT2D eigenvalue weighted by Gasteiger charge is -2.06. The maximum atomic E-state index is 13.4. The lowest BCUT2D eigenvalue weighted by molar-refractivity contribution is 0.363. The van der Waals surface area contributed by atoms with Crippen molar-refractivity contribution in [3.63, 3.8) is 0 Å². The Balaban J connectivity index is 2.09.